The molecular formula is C24H19ClN2O. The van der Waals surface area contributed by atoms with Crippen molar-refractivity contribution in [1.82, 2.24) is 0 Å². The largest absolute Gasteiger partial charge is 0.287 e. The summed E-state index contributed by atoms with van der Waals surface area (Å²) in [7, 11) is 0. The summed E-state index contributed by atoms with van der Waals surface area (Å²) >= 11 is 5.90. The fraction of sp³-hybridized carbons (Fsp3) is 0.0417. The molecule has 0 bridgehead atoms. The van der Waals surface area contributed by atoms with E-state index in [1.165, 1.54) is 0 Å². The molecule has 0 heterocycles. The minimum atomic E-state index is -0.162. The lowest BCUT2D eigenvalue weighted by molar-refractivity contribution is 0.106. The number of hydrogen-bond acceptors (Lipinski definition) is 3. The molecule has 0 unspecified atom stereocenters. The number of allylic oxidation sites excluding steroid dienone is 1. The predicted octanol–water partition coefficient (Wildman–Crippen LogP) is 6.10. The highest BCUT2D eigenvalue weighted by Crippen LogP contribution is 2.12. The van der Waals surface area contributed by atoms with Crippen molar-refractivity contribution in [2.45, 2.75) is 6.92 Å². The van der Waals surface area contributed by atoms with E-state index in [0.717, 1.165) is 11.1 Å². The zero-order valence-corrected chi connectivity index (χ0v) is 16.2. The Morgan fingerprint density at radius 1 is 0.786 bits per heavy atom. The number of carbonyl (C=O) groups excluding carboxylic acids is 1. The molecule has 0 N–H and O–H groups in total. The van der Waals surface area contributed by atoms with Crippen LogP contribution in [0.2, 0.25) is 5.02 Å². The van der Waals surface area contributed by atoms with Gasteiger partial charge in [0.25, 0.3) is 0 Å². The summed E-state index contributed by atoms with van der Waals surface area (Å²) in [5, 5.41) is 9.22. The lowest BCUT2D eigenvalue weighted by Crippen LogP contribution is -2.15. The number of carbonyl (C=O) groups is 1. The molecule has 3 aromatic rings. The summed E-state index contributed by atoms with van der Waals surface area (Å²) in [6.07, 6.45) is 3.77. The number of Topliss-reactive ketones (excluding diaryl/α,β-unsaturated/α-hetero) is 1. The van der Waals surface area contributed by atoms with E-state index in [0.29, 0.717) is 22.0 Å². The van der Waals surface area contributed by atoms with E-state index in [1.807, 2.05) is 91.9 Å². The number of benzene rings is 3. The number of ketones is 1. The number of nitrogens with zero attached hydrogens (tertiary/aromatic N) is 2. The summed E-state index contributed by atoms with van der Waals surface area (Å²) in [4.78, 5) is 12.9. The number of hydrogen-bond donors (Lipinski definition) is 0. The van der Waals surface area contributed by atoms with Crippen molar-refractivity contribution in [3.05, 3.63) is 113 Å². The molecule has 0 saturated carbocycles. The lowest BCUT2D eigenvalue weighted by Gasteiger charge is -2.04. The van der Waals surface area contributed by atoms with Gasteiger partial charge in [0.15, 0.2) is 0 Å². The van der Waals surface area contributed by atoms with E-state index in [9.17, 15) is 4.79 Å². The first-order valence-electron chi connectivity index (χ1n) is 8.84. The molecular weight excluding hydrogens is 368 g/mol. The molecule has 28 heavy (non-hydrogen) atoms. The van der Waals surface area contributed by atoms with Gasteiger partial charge in [0.2, 0.25) is 5.78 Å². The topological polar surface area (TPSA) is 41.8 Å². The van der Waals surface area contributed by atoms with Crippen LogP contribution in [0.3, 0.4) is 0 Å². The van der Waals surface area contributed by atoms with Crippen LogP contribution in [0, 0.1) is 0 Å². The minimum absolute atomic E-state index is 0.162. The van der Waals surface area contributed by atoms with Gasteiger partial charge in [-0.15, -0.1) is 5.10 Å². The minimum Gasteiger partial charge on any atom is -0.287 e. The molecule has 4 heteroatoms. The van der Waals surface area contributed by atoms with Crippen LogP contribution in [0.5, 0.6) is 0 Å². The van der Waals surface area contributed by atoms with E-state index in [-0.39, 0.29) is 5.78 Å². The molecule has 0 aliphatic carbocycles. The first-order valence-corrected chi connectivity index (χ1v) is 9.22. The van der Waals surface area contributed by atoms with E-state index in [1.54, 1.807) is 12.1 Å². The normalized spacial score (nSPS) is 12.4. The molecule has 0 spiro atoms. The predicted molar refractivity (Wildman–Crippen MR) is 117 cm³/mol. The van der Waals surface area contributed by atoms with Crippen molar-refractivity contribution < 1.29 is 4.79 Å². The summed E-state index contributed by atoms with van der Waals surface area (Å²) in [6, 6.07) is 26.0. The molecule has 0 aliphatic heterocycles. The Morgan fingerprint density at radius 3 is 1.96 bits per heavy atom. The van der Waals surface area contributed by atoms with Gasteiger partial charge in [-0.1, -0.05) is 90.5 Å². The molecule has 0 aromatic heterocycles. The van der Waals surface area contributed by atoms with Gasteiger partial charge in [-0.2, -0.15) is 5.10 Å². The van der Waals surface area contributed by atoms with Crippen molar-refractivity contribution in [3.8, 4) is 0 Å². The second kappa shape index (κ2) is 9.58. The summed E-state index contributed by atoms with van der Waals surface area (Å²) < 4.78 is 0. The van der Waals surface area contributed by atoms with Crippen molar-refractivity contribution in [2.24, 2.45) is 10.2 Å². The van der Waals surface area contributed by atoms with Crippen molar-refractivity contribution in [3.63, 3.8) is 0 Å². The van der Waals surface area contributed by atoms with Gasteiger partial charge in [0.1, 0.15) is 5.71 Å². The Balaban J connectivity index is 1.89. The maximum absolute atomic E-state index is 12.9. The maximum atomic E-state index is 12.9. The molecule has 0 radical (unpaired) electrons. The summed E-state index contributed by atoms with van der Waals surface area (Å²) in [6.45, 7) is 1.84. The van der Waals surface area contributed by atoms with E-state index in [2.05, 4.69) is 10.2 Å². The van der Waals surface area contributed by atoms with Crippen molar-refractivity contribution >= 4 is 34.9 Å². The highest BCUT2D eigenvalue weighted by molar-refractivity contribution is 6.51. The van der Waals surface area contributed by atoms with Crippen LogP contribution in [-0.4, -0.2) is 17.2 Å². The van der Waals surface area contributed by atoms with Gasteiger partial charge < -0.3 is 0 Å². The lowest BCUT2D eigenvalue weighted by atomic mass is 10.0. The SMILES string of the molecule is CC(/C=C/c1ccc(Cl)cc1)=N/N=C(\C(=O)c1ccccc1)c1ccccc1. The fourth-order valence-electron chi connectivity index (χ4n) is 2.51. The highest BCUT2D eigenvalue weighted by atomic mass is 35.5. The molecule has 0 amide bonds. The van der Waals surface area contributed by atoms with Crippen LogP contribution in [0.1, 0.15) is 28.4 Å². The van der Waals surface area contributed by atoms with E-state index >= 15 is 0 Å². The summed E-state index contributed by atoms with van der Waals surface area (Å²) in [5.41, 5.74) is 3.31. The molecule has 3 aromatic carbocycles. The van der Waals surface area contributed by atoms with Gasteiger partial charge in [-0.05, 0) is 30.7 Å². The maximum Gasteiger partial charge on any atom is 0.213 e. The fourth-order valence-corrected chi connectivity index (χ4v) is 2.64. The molecule has 3 nitrogen and oxygen atoms in total. The smallest absolute Gasteiger partial charge is 0.213 e. The van der Waals surface area contributed by atoms with Crippen LogP contribution in [0.4, 0.5) is 0 Å². The molecule has 3 rings (SSSR count). The highest BCUT2D eigenvalue weighted by Gasteiger charge is 2.16. The van der Waals surface area contributed by atoms with Crippen LogP contribution in [-0.2, 0) is 0 Å². The van der Waals surface area contributed by atoms with Gasteiger partial charge >= 0.3 is 0 Å². The van der Waals surface area contributed by atoms with Gasteiger partial charge in [-0.25, -0.2) is 0 Å². The third kappa shape index (κ3) is 5.35. The van der Waals surface area contributed by atoms with Crippen LogP contribution >= 0.6 is 11.6 Å². The van der Waals surface area contributed by atoms with Crippen molar-refractivity contribution in [2.75, 3.05) is 0 Å². The monoisotopic (exact) mass is 386 g/mol. The van der Waals surface area contributed by atoms with Crippen LogP contribution in [0.25, 0.3) is 6.08 Å². The molecule has 0 atom stereocenters. The molecule has 138 valence electrons. The zero-order valence-electron chi connectivity index (χ0n) is 15.4. The first kappa shape index (κ1) is 19.5. The van der Waals surface area contributed by atoms with E-state index < -0.39 is 0 Å². The second-order valence-corrected chi connectivity index (χ2v) is 6.57. The summed E-state index contributed by atoms with van der Waals surface area (Å²) in [5.74, 6) is -0.162. The van der Waals surface area contributed by atoms with Gasteiger partial charge in [-0.3, -0.25) is 4.79 Å². The Labute approximate surface area is 169 Å². The van der Waals surface area contributed by atoms with E-state index in [4.69, 9.17) is 11.6 Å². The van der Waals surface area contributed by atoms with Gasteiger partial charge in [0, 0.05) is 16.1 Å². The zero-order chi connectivity index (χ0) is 19.8. The molecule has 0 aliphatic rings. The number of rotatable bonds is 6. The third-order valence-corrected chi connectivity index (χ3v) is 4.24. The van der Waals surface area contributed by atoms with Crippen LogP contribution < -0.4 is 0 Å². The average molecular weight is 387 g/mol. The van der Waals surface area contributed by atoms with Gasteiger partial charge in [0.05, 0.1) is 5.71 Å². The van der Waals surface area contributed by atoms with Crippen LogP contribution in [0.15, 0.2) is 101 Å². The quantitative estimate of drug-likeness (QED) is 0.286. The first-order chi connectivity index (χ1) is 13.6. The van der Waals surface area contributed by atoms with Crippen molar-refractivity contribution in [1.29, 1.82) is 0 Å². The third-order valence-electron chi connectivity index (χ3n) is 3.99. The average Bonchev–Trinajstić information content (AvgIpc) is 2.74. The Morgan fingerprint density at radius 2 is 1.36 bits per heavy atom. The Bertz CT molecular complexity index is 1020. The molecule has 0 fully saturated rings. The molecule has 0 saturated heterocycles. The second-order valence-electron chi connectivity index (χ2n) is 6.14. The Hall–Kier alpha value is -3.30. The Kier molecular flexibility index (Phi) is 6.66. The number of halogens is 1. The standard InChI is InChI=1S/C24H19ClN2O/c1-18(12-13-19-14-16-22(25)17-15-19)26-27-23(20-8-4-2-5-9-20)24(28)21-10-6-3-7-11-21/h2-17H,1H3/b13-12+,26-18-,27-23-.